The van der Waals surface area contributed by atoms with E-state index in [1.165, 1.54) is 0 Å². The summed E-state index contributed by atoms with van der Waals surface area (Å²) in [6, 6.07) is 7.10. The van der Waals surface area contributed by atoms with Gasteiger partial charge in [-0.15, -0.1) is 0 Å². The normalized spacial score (nSPS) is 25.2. The van der Waals surface area contributed by atoms with Crippen molar-refractivity contribution in [1.82, 2.24) is 4.90 Å². The summed E-state index contributed by atoms with van der Waals surface area (Å²) < 4.78 is 5.80. The maximum absolute atomic E-state index is 12.1. The van der Waals surface area contributed by atoms with Crippen LogP contribution in [0.1, 0.15) is 25.5 Å². The number of ether oxygens (including phenoxy) is 1. The molecule has 0 bridgehead atoms. The van der Waals surface area contributed by atoms with Crippen LogP contribution in [-0.2, 0) is 9.53 Å². The topological polar surface area (TPSA) is 55.6 Å². The number of hydrogen-bond donors (Lipinski definition) is 1. The number of hydrogen-bond acceptors (Lipinski definition) is 3. The highest BCUT2D eigenvalue weighted by atomic mass is 35.5. The van der Waals surface area contributed by atoms with Gasteiger partial charge in [-0.25, -0.2) is 0 Å². The zero-order valence-corrected chi connectivity index (χ0v) is 11.9. The molecule has 1 aromatic rings. The van der Waals surface area contributed by atoms with Crippen molar-refractivity contribution in [2.45, 2.75) is 32.0 Å². The second-order valence-electron chi connectivity index (χ2n) is 4.97. The average molecular weight is 283 g/mol. The summed E-state index contributed by atoms with van der Waals surface area (Å²) in [5.74, 6) is -0.0483. The van der Waals surface area contributed by atoms with Gasteiger partial charge in [0.1, 0.15) is 6.10 Å². The third-order valence-corrected chi connectivity index (χ3v) is 3.70. The largest absolute Gasteiger partial charge is 0.369 e. The number of morpholine rings is 1. The molecule has 19 heavy (non-hydrogen) atoms. The lowest BCUT2D eigenvalue weighted by atomic mass is 10.1. The number of nitrogens with two attached hydrogens (primary N) is 1. The zero-order valence-electron chi connectivity index (χ0n) is 11.2. The molecule has 1 amide bonds. The van der Waals surface area contributed by atoms with Gasteiger partial charge >= 0.3 is 0 Å². The quantitative estimate of drug-likeness (QED) is 0.902. The minimum Gasteiger partial charge on any atom is -0.369 e. The number of benzene rings is 1. The summed E-state index contributed by atoms with van der Waals surface area (Å²) in [5, 5.41) is 0.662. The van der Waals surface area contributed by atoms with Crippen molar-refractivity contribution in [2.24, 2.45) is 5.73 Å². The molecule has 1 aliphatic heterocycles. The van der Waals surface area contributed by atoms with Crippen LogP contribution in [0.2, 0.25) is 5.02 Å². The highest BCUT2D eigenvalue weighted by molar-refractivity contribution is 6.31. The number of nitrogens with zero attached hydrogens (tertiary/aromatic N) is 1. The standard InChI is InChI=1S/C14H19ClN2O2/c1-9-8-19-13(7-17(9)14(18)10(2)16)11-5-3-4-6-12(11)15/h3-6,9-10,13H,7-8,16H2,1-2H3/t9-,10-,13+/m1/s1. The van der Waals surface area contributed by atoms with Crippen LogP contribution in [0.25, 0.3) is 0 Å². The van der Waals surface area contributed by atoms with Crippen molar-refractivity contribution in [2.75, 3.05) is 13.2 Å². The van der Waals surface area contributed by atoms with E-state index in [0.717, 1.165) is 5.56 Å². The van der Waals surface area contributed by atoms with E-state index >= 15 is 0 Å². The Bertz CT molecular complexity index is 465. The smallest absolute Gasteiger partial charge is 0.239 e. The molecule has 2 N–H and O–H groups in total. The molecular weight excluding hydrogens is 264 g/mol. The van der Waals surface area contributed by atoms with Crippen molar-refractivity contribution in [3.05, 3.63) is 34.9 Å². The fourth-order valence-corrected chi connectivity index (χ4v) is 2.51. The first-order valence-electron chi connectivity index (χ1n) is 6.42. The minimum atomic E-state index is -0.493. The van der Waals surface area contributed by atoms with Crippen LogP contribution in [-0.4, -0.2) is 36.0 Å². The summed E-state index contributed by atoms with van der Waals surface area (Å²) in [6.07, 6.45) is -0.187. The van der Waals surface area contributed by atoms with Gasteiger partial charge in [0.2, 0.25) is 5.91 Å². The molecule has 3 atom stereocenters. The summed E-state index contributed by atoms with van der Waals surface area (Å²) in [7, 11) is 0. The first-order valence-corrected chi connectivity index (χ1v) is 6.80. The third-order valence-electron chi connectivity index (χ3n) is 3.36. The predicted molar refractivity (Wildman–Crippen MR) is 75.0 cm³/mol. The van der Waals surface area contributed by atoms with Crippen LogP contribution < -0.4 is 5.73 Å². The number of amides is 1. The number of halogens is 1. The van der Waals surface area contributed by atoms with E-state index in [0.29, 0.717) is 18.2 Å². The van der Waals surface area contributed by atoms with Crippen LogP contribution in [0.5, 0.6) is 0 Å². The molecule has 4 nitrogen and oxygen atoms in total. The molecule has 1 fully saturated rings. The molecule has 1 saturated heterocycles. The van der Waals surface area contributed by atoms with Crippen molar-refractivity contribution in [3.8, 4) is 0 Å². The molecule has 5 heteroatoms. The summed E-state index contributed by atoms with van der Waals surface area (Å²) >= 11 is 6.18. The summed E-state index contributed by atoms with van der Waals surface area (Å²) in [4.78, 5) is 13.9. The number of carbonyl (C=O) groups excluding carboxylic acids is 1. The number of rotatable bonds is 2. The maximum atomic E-state index is 12.1. The molecule has 104 valence electrons. The third kappa shape index (κ3) is 3.08. The van der Waals surface area contributed by atoms with Crippen LogP contribution in [0.15, 0.2) is 24.3 Å². The van der Waals surface area contributed by atoms with E-state index in [1.54, 1.807) is 11.8 Å². The highest BCUT2D eigenvalue weighted by Gasteiger charge is 2.32. The van der Waals surface area contributed by atoms with E-state index < -0.39 is 6.04 Å². The Balaban J connectivity index is 2.18. The molecule has 0 spiro atoms. The fourth-order valence-electron chi connectivity index (χ4n) is 2.25. The molecule has 1 heterocycles. The zero-order chi connectivity index (χ0) is 14.0. The van der Waals surface area contributed by atoms with E-state index in [2.05, 4.69) is 0 Å². The SMILES string of the molecule is C[C@@H]1CO[C@H](c2ccccc2Cl)CN1C(=O)[C@@H](C)N. The van der Waals surface area contributed by atoms with E-state index in [-0.39, 0.29) is 18.1 Å². The minimum absolute atomic E-state index is 0.0391. The van der Waals surface area contributed by atoms with E-state index in [1.807, 2.05) is 31.2 Å². The molecule has 0 saturated carbocycles. The molecular formula is C14H19ClN2O2. The van der Waals surface area contributed by atoms with Gasteiger partial charge in [-0.3, -0.25) is 4.79 Å². The van der Waals surface area contributed by atoms with Gasteiger partial charge in [0, 0.05) is 10.6 Å². The predicted octanol–water partition coefficient (Wildman–Crippen LogP) is 1.98. The van der Waals surface area contributed by atoms with Crippen LogP contribution in [0.4, 0.5) is 0 Å². The summed E-state index contributed by atoms with van der Waals surface area (Å²) in [5.41, 5.74) is 6.60. The lowest BCUT2D eigenvalue weighted by Gasteiger charge is -2.39. The lowest BCUT2D eigenvalue weighted by molar-refractivity contribution is -0.145. The number of carbonyl (C=O) groups is 1. The average Bonchev–Trinajstić information content (AvgIpc) is 2.39. The first kappa shape index (κ1) is 14.3. The van der Waals surface area contributed by atoms with Crippen molar-refractivity contribution in [3.63, 3.8) is 0 Å². The van der Waals surface area contributed by atoms with Gasteiger partial charge in [0.25, 0.3) is 0 Å². The fraction of sp³-hybridized carbons (Fsp3) is 0.500. The molecule has 1 aromatic carbocycles. The van der Waals surface area contributed by atoms with Gasteiger partial charge in [0.15, 0.2) is 0 Å². The molecule has 2 rings (SSSR count). The van der Waals surface area contributed by atoms with Gasteiger partial charge in [-0.1, -0.05) is 29.8 Å². The molecule has 0 unspecified atom stereocenters. The van der Waals surface area contributed by atoms with Gasteiger partial charge in [-0.05, 0) is 19.9 Å². The van der Waals surface area contributed by atoms with E-state index in [9.17, 15) is 4.79 Å². The molecule has 1 aliphatic rings. The lowest BCUT2D eigenvalue weighted by Crippen LogP contribution is -2.52. The van der Waals surface area contributed by atoms with Gasteiger partial charge < -0.3 is 15.4 Å². The Morgan fingerprint density at radius 2 is 2.21 bits per heavy atom. The monoisotopic (exact) mass is 282 g/mol. The van der Waals surface area contributed by atoms with E-state index in [4.69, 9.17) is 22.1 Å². The van der Waals surface area contributed by atoms with Crippen molar-refractivity contribution >= 4 is 17.5 Å². The Labute approximate surface area is 118 Å². The van der Waals surface area contributed by atoms with Crippen LogP contribution >= 0.6 is 11.6 Å². The summed E-state index contributed by atoms with van der Waals surface area (Å²) in [6.45, 7) is 4.65. The molecule has 0 aromatic heterocycles. The van der Waals surface area contributed by atoms with Crippen molar-refractivity contribution < 1.29 is 9.53 Å². The Morgan fingerprint density at radius 3 is 2.84 bits per heavy atom. The second kappa shape index (κ2) is 5.90. The molecule has 0 radical (unpaired) electrons. The Morgan fingerprint density at radius 1 is 1.53 bits per heavy atom. The van der Waals surface area contributed by atoms with Crippen LogP contribution in [0.3, 0.4) is 0 Å². The highest BCUT2D eigenvalue weighted by Crippen LogP contribution is 2.30. The Hall–Kier alpha value is -1.10. The van der Waals surface area contributed by atoms with Crippen LogP contribution in [0, 0.1) is 0 Å². The van der Waals surface area contributed by atoms with Gasteiger partial charge in [0.05, 0.1) is 25.2 Å². The van der Waals surface area contributed by atoms with Crippen molar-refractivity contribution in [1.29, 1.82) is 0 Å². The van der Waals surface area contributed by atoms with Gasteiger partial charge in [-0.2, -0.15) is 0 Å². The second-order valence-corrected chi connectivity index (χ2v) is 5.38. The maximum Gasteiger partial charge on any atom is 0.239 e. The first-order chi connectivity index (χ1) is 9.00. The Kier molecular flexibility index (Phi) is 4.45. The molecule has 0 aliphatic carbocycles.